The monoisotopic (exact) mass is 330 g/mol. The van der Waals surface area contributed by atoms with Crippen molar-refractivity contribution < 1.29 is 12.6 Å². The van der Waals surface area contributed by atoms with Gasteiger partial charge in [-0.15, -0.1) is 11.3 Å². The van der Waals surface area contributed by atoms with Crippen molar-refractivity contribution in [2.24, 2.45) is 0 Å². The van der Waals surface area contributed by atoms with E-state index in [2.05, 4.69) is 9.97 Å². The first kappa shape index (κ1) is 14.1. The van der Waals surface area contributed by atoms with Gasteiger partial charge in [0.2, 0.25) is 5.88 Å². The molecule has 2 aromatic heterocycles. The number of thiophene rings is 1. The molecular weight excluding hydrogens is 316 g/mol. The highest BCUT2D eigenvalue weighted by Crippen LogP contribution is 2.40. The number of aromatic nitrogens is 2. The van der Waals surface area contributed by atoms with Gasteiger partial charge in [-0.3, -0.25) is 0 Å². The second kappa shape index (κ2) is 5.16. The minimum atomic E-state index is -3.59. The lowest BCUT2D eigenvalue weighted by molar-refractivity contribution is 0.482. The second-order valence-electron chi connectivity index (χ2n) is 4.69. The predicted molar refractivity (Wildman–Crippen MR) is 81.3 cm³/mol. The summed E-state index contributed by atoms with van der Waals surface area (Å²) in [4.78, 5) is 10.8. The van der Waals surface area contributed by atoms with Crippen molar-refractivity contribution in [3.05, 3.63) is 10.4 Å². The van der Waals surface area contributed by atoms with Gasteiger partial charge >= 0.3 is 10.1 Å². The van der Waals surface area contributed by atoms with Crippen LogP contribution in [-0.4, -0.2) is 30.9 Å². The van der Waals surface area contributed by atoms with E-state index < -0.39 is 10.1 Å². The molecule has 0 spiro atoms. The highest BCUT2D eigenvalue weighted by Gasteiger charge is 2.23. The lowest BCUT2D eigenvalue weighted by Crippen LogP contribution is -2.09. The van der Waals surface area contributed by atoms with Crippen LogP contribution >= 0.6 is 23.1 Å². The average Bonchev–Trinajstić information content (AvgIpc) is 2.75. The Bertz CT molecular complexity index is 768. The van der Waals surface area contributed by atoms with Crippen molar-refractivity contribution in [2.75, 3.05) is 12.5 Å². The van der Waals surface area contributed by atoms with Crippen LogP contribution in [0.3, 0.4) is 0 Å². The number of thioether (sulfide) groups is 1. The van der Waals surface area contributed by atoms with Crippen LogP contribution < -0.4 is 4.18 Å². The molecule has 0 saturated heterocycles. The minimum absolute atomic E-state index is 0.182. The summed E-state index contributed by atoms with van der Waals surface area (Å²) < 4.78 is 28.0. The molecule has 2 aromatic rings. The fourth-order valence-corrected chi connectivity index (χ4v) is 4.47. The van der Waals surface area contributed by atoms with Gasteiger partial charge in [0.05, 0.1) is 11.6 Å². The summed E-state index contributed by atoms with van der Waals surface area (Å²) in [5.41, 5.74) is 1.17. The van der Waals surface area contributed by atoms with Crippen LogP contribution in [-0.2, 0) is 23.0 Å². The van der Waals surface area contributed by atoms with Crippen LogP contribution in [0, 0.1) is 0 Å². The van der Waals surface area contributed by atoms with Crippen molar-refractivity contribution in [3.63, 3.8) is 0 Å². The molecule has 5 nitrogen and oxygen atoms in total. The normalized spacial score (nSPS) is 15.3. The molecule has 0 aromatic carbocycles. The molecule has 1 aliphatic carbocycles. The van der Waals surface area contributed by atoms with Crippen molar-refractivity contribution in [1.82, 2.24) is 9.97 Å². The number of nitrogens with zero attached hydrogens (tertiary/aromatic N) is 2. The van der Waals surface area contributed by atoms with Crippen LogP contribution in [0.15, 0.2) is 5.16 Å². The third-order valence-electron chi connectivity index (χ3n) is 3.17. The zero-order valence-electron chi connectivity index (χ0n) is 11.2. The van der Waals surface area contributed by atoms with E-state index in [1.54, 1.807) is 11.3 Å². The van der Waals surface area contributed by atoms with Gasteiger partial charge < -0.3 is 4.18 Å². The smallest absolute Gasteiger partial charge is 0.307 e. The van der Waals surface area contributed by atoms with Gasteiger partial charge in [0.1, 0.15) is 4.83 Å². The van der Waals surface area contributed by atoms with Crippen LogP contribution in [0.5, 0.6) is 5.88 Å². The molecule has 2 heterocycles. The molecule has 0 fully saturated rings. The van der Waals surface area contributed by atoms with E-state index in [9.17, 15) is 8.42 Å². The van der Waals surface area contributed by atoms with E-state index in [4.69, 9.17) is 4.18 Å². The quantitative estimate of drug-likeness (QED) is 0.489. The van der Waals surface area contributed by atoms with Gasteiger partial charge in [-0.2, -0.15) is 13.4 Å². The number of hydrogen-bond acceptors (Lipinski definition) is 7. The molecule has 0 bridgehead atoms. The number of fused-ring (bicyclic) bond motifs is 3. The molecule has 1 aliphatic rings. The summed E-state index contributed by atoms with van der Waals surface area (Å²) >= 11 is 3.01. The van der Waals surface area contributed by atoms with Gasteiger partial charge in [0, 0.05) is 4.88 Å². The highest BCUT2D eigenvalue weighted by atomic mass is 32.2. The van der Waals surface area contributed by atoms with E-state index >= 15 is 0 Å². The SMILES string of the molecule is CSc1nc(OS(C)(=O)=O)c2c3c(sc2n1)CCCC3. The molecule has 0 unspecified atom stereocenters. The van der Waals surface area contributed by atoms with E-state index in [-0.39, 0.29) is 5.88 Å². The summed E-state index contributed by atoms with van der Waals surface area (Å²) in [5, 5.41) is 1.32. The van der Waals surface area contributed by atoms with E-state index in [1.165, 1.54) is 28.6 Å². The van der Waals surface area contributed by atoms with Crippen LogP contribution in [0.2, 0.25) is 0 Å². The van der Waals surface area contributed by atoms with Crippen molar-refractivity contribution in [2.45, 2.75) is 30.8 Å². The molecule has 0 amide bonds. The van der Waals surface area contributed by atoms with Crippen molar-refractivity contribution in [1.29, 1.82) is 0 Å². The summed E-state index contributed by atoms with van der Waals surface area (Å²) in [6, 6.07) is 0. The maximum atomic E-state index is 11.4. The Morgan fingerprint density at radius 2 is 2.00 bits per heavy atom. The van der Waals surface area contributed by atoms with Crippen LogP contribution in [0.1, 0.15) is 23.3 Å². The van der Waals surface area contributed by atoms with Gasteiger partial charge in [-0.05, 0) is 37.5 Å². The van der Waals surface area contributed by atoms with Gasteiger partial charge in [0.25, 0.3) is 0 Å². The first-order valence-corrected chi connectivity index (χ1v) is 10.1. The fourth-order valence-electron chi connectivity index (χ4n) is 2.40. The lowest BCUT2D eigenvalue weighted by Gasteiger charge is -2.11. The Hall–Kier alpha value is -0.860. The Balaban J connectivity index is 2.26. The third-order valence-corrected chi connectivity index (χ3v) is 5.37. The molecule has 108 valence electrons. The highest BCUT2D eigenvalue weighted by molar-refractivity contribution is 7.98. The predicted octanol–water partition coefficient (Wildman–Crippen LogP) is 2.63. The summed E-state index contributed by atoms with van der Waals surface area (Å²) in [5.74, 6) is 0.182. The average molecular weight is 330 g/mol. The Morgan fingerprint density at radius 3 is 2.70 bits per heavy atom. The molecular formula is C12H14N2O3S3. The Kier molecular flexibility index (Phi) is 3.64. The topological polar surface area (TPSA) is 69.2 Å². The minimum Gasteiger partial charge on any atom is -0.361 e. The molecule has 0 atom stereocenters. The molecule has 20 heavy (non-hydrogen) atoms. The molecule has 0 aliphatic heterocycles. The van der Waals surface area contributed by atoms with E-state index in [1.807, 2.05) is 6.26 Å². The van der Waals surface area contributed by atoms with E-state index in [0.29, 0.717) is 5.16 Å². The Labute approximate surface area is 125 Å². The molecule has 0 N–H and O–H groups in total. The van der Waals surface area contributed by atoms with Crippen molar-refractivity contribution >= 4 is 43.4 Å². The number of aryl methyl sites for hydroxylation is 2. The van der Waals surface area contributed by atoms with Gasteiger partial charge in [-0.25, -0.2) is 4.98 Å². The maximum Gasteiger partial charge on any atom is 0.307 e. The van der Waals surface area contributed by atoms with E-state index in [0.717, 1.165) is 35.7 Å². The zero-order chi connectivity index (χ0) is 14.3. The van der Waals surface area contributed by atoms with Crippen LogP contribution in [0.4, 0.5) is 0 Å². The molecule has 3 rings (SSSR count). The van der Waals surface area contributed by atoms with Crippen LogP contribution in [0.25, 0.3) is 10.2 Å². The second-order valence-corrected chi connectivity index (χ2v) is 8.13. The largest absolute Gasteiger partial charge is 0.361 e. The zero-order valence-corrected chi connectivity index (χ0v) is 13.6. The Morgan fingerprint density at radius 1 is 1.25 bits per heavy atom. The van der Waals surface area contributed by atoms with Crippen molar-refractivity contribution in [3.8, 4) is 5.88 Å². The fraction of sp³-hybridized carbons (Fsp3) is 0.500. The number of rotatable bonds is 3. The molecule has 8 heteroatoms. The maximum absolute atomic E-state index is 11.4. The summed E-state index contributed by atoms with van der Waals surface area (Å²) in [6.45, 7) is 0. The first-order chi connectivity index (χ1) is 9.48. The third kappa shape index (κ3) is 2.64. The molecule has 0 saturated carbocycles. The van der Waals surface area contributed by atoms with Gasteiger partial charge in [0.15, 0.2) is 5.16 Å². The number of hydrogen-bond donors (Lipinski definition) is 0. The first-order valence-electron chi connectivity index (χ1n) is 6.23. The summed E-state index contributed by atoms with van der Waals surface area (Å²) in [7, 11) is -3.59. The standard InChI is InChI=1S/C12H14N2O3S3/c1-18-12-13-10(17-20(2,15)16)9-7-5-3-4-6-8(7)19-11(9)14-12/h3-6H2,1-2H3. The summed E-state index contributed by atoms with van der Waals surface area (Å²) in [6.07, 6.45) is 7.16. The molecule has 0 radical (unpaired) electrons. The van der Waals surface area contributed by atoms with Gasteiger partial charge in [-0.1, -0.05) is 11.8 Å². The lowest BCUT2D eigenvalue weighted by atomic mass is 9.97.